The molecule has 26 heavy (non-hydrogen) atoms. The number of aliphatic hydroxyl groups excluding tert-OH is 1. The number of hydrogen-bond donors (Lipinski definition) is 1. The summed E-state index contributed by atoms with van der Waals surface area (Å²) in [7, 11) is 0. The Morgan fingerprint density at radius 3 is 2.08 bits per heavy atom. The van der Waals surface area contributed by atoms with Crippen LogP contribution in [0.15, 0.2) is 90.0 Å². The minimum atomic E-state index is -0.273. The van der Waals surface area contributed by atoms with Crippen LogP contribution in [0, 0.1) is 5.82 Å². The van der Waals surface area contributed by atoms with Gasteiger partial charge in [-0.15, -0.1) is 0 Å². The van der Waals surface area contributed by atoms with Crippen molar-refractivity contribution < 1.29 is 9.50 Å². The molecule has 0 fully saturated rings. The van der Waals surface area contributed by atoms with Gasteiger partial charge < -0.3 is 5.11 Å². The van der Waals surface area contributed by atoms with Gasteiger partial charge in [-0.3, -0.25) is 5.01 Å². The first kappa shape index (κ1) is 16.5. The third kappa shape index (κ3) is 3.00. The molecular weight excluding hydrogens is 327 g/mol. The molecule has 1 aliphatic heterocycles. The molecule has 3 aromatic carbocycles. The zero-order valence-corrected chi connectivity index (χ0v) is 14.2. The molecule has 0 saturated heterocycles. The zero-order chi connectivity index (χ0) is 17.9. The van der Waals surface area contributed by atoms with Gasteiger partial charge in [0.25, 0.3) is 0 Å². The van der Waals surface area contributed by atoms with E-state index in [-0.39, 0.29) is 24.4 Å². The van der Waals surface area contributed by atoms with E-state index >= 15 is 0 Å². The van der Waals surface area contributed by atoms with Gasteiger partial charge in [0.05, 0.1) is 30.0 Å². The van der Waals surface area contributed by atoms with Crippen molar-refractivity contribution in [3.8, 4) is 0 Å². The Morgan fingerprint density at radius 1 is 0.846 bits per heavy atom. The second-order valence-electron chi connectivity index (χ2n) is 6.31. The Morgan fingerprint density at radius 2 is 1.46 bits per heavy atom. The monoisotopic (exact) mass is 346 g/mol. The number of hydrogen-bond acceptors (Lipinski definition) is 3. The fourth-order valence-electron chi connectivity index (χ4n) is 3.48. The van der Waals surface area contributed by atoms with Gasteiger partial charge in [-0.25, -0.2) is 4.39 Å². The van der Waals surface area contributed by atoms with Crippen LogP contribution < -0.4 is 5.01 Å². The molecule has 3 nitrogen and oxygen atoms in total. The van der Waals surface area contributed by atoms with Gasteiger partial charge in [-0.2, -0.15) is 5.10 Å². The number of hydrazone groups is 1. The van der Waals surface area contributed by atoms with Crippen LogP contribution in [0.3, 0.4) is 0 Å². The molecule has 0 aliphatic carbocycles. The summed E-state index contributed by atoms with van der Waals surface area (Å²) in [6, 6.07) is 25.9. The third-order valence-corrected chi connectivity index (χ3v) is 4.72. The minimum Gasteiger partial charge on any atom is -0.394 e. The lowest BCUT2D eigenvalue weighted by Gasteiger charge is -2.26. The van der Waals surface area contributed by atoms with Gasteiger partial charge in [-0.1, -0.05) is 60.7 Å². The number of para-hydroxylation sites is 1. The second kappa shape index (κ2) is 7.10. The molecule has 0 saturated carbocycles. The molecule has 130 valence electrons. The normalized spacial score (nSPS) is 19.5. The van der Waals surface area contributed by atoms with Gasteiger partial charge in [0.1, 0.15) is 5.82 Å². The summed E-state index contributed by atoms with van der Waals surface area (Å²) in [4.78, 5) is 0. The number of nitrogens with zero attached hydrogens (tertiary/aromatic N) is 2. The molecule has 2 atom stereocenters. The lowest BCUT2D eigenvalue weighted by Crippen LogP contribution is -2.35. The number of benzene rings is 3. The second-order valence-corrected chi connectivity index (χ2v) is 6.31. The molecule has 0 spiro atoms. The van der Waals surface area contributed by atoms with Crippen LogP contribution in [0.4, 0.5) is 10.1 Å². The maximum absolute atomic E-state index is 13.4. The molecular formula is C22H19FN2O. The molecule has 4 heteroatoms. The molecule has 1 N–H and O–H groups in total. The van der Waals surface area contributed by atoms with Crippen molar-refractivity contribution in [3.05, 3.63) is 102 Å². The first-order valence-electron chi connectivity index (χ1n) is 8.62. The van der Waals surface area contributed by atoms with Crippen LogP contribution in [0.1, 0.15) is 17.0 Å². The smallest absolute Gasteiger partial charge is 0.123 e. The van der Waals surface area contributed by atoms with E-state index in [0.717, 1.165) is 22.5 Å². The number of aliphatic hydroxyl groups is 1. The lowest BCUT2D eigenvalue weighted by molar-refractivity contribution is 0.259. The fraction of sp³-hybridized carbons (Fsp3) is 0.136. The third-order valence-electron chi connectivity index (χ3n) is 4.72. The lowest BCUT2D eigenvalue weighted by atomic mass is 9.85. The van der Waals surface area contributed by atoms with E-state index in [1.807, 2.05) is 65.7 Å². The Hall–Kier alpha value is -2.98. The van der Waals surface area contributed by atoms with Crippen molar-refractivity contribution in [1.29, 1.82) is 0 Å². The van der Waals surface area contributed by atoms with Gasteiger partial charge in [-0.05, 0) is 35.4 Å². The Bertz CT molecular complexity index is 894. The highest BCUT2D eigenvalue weighted by Crippen LogP contribution is 2.37. The quantitative estimate of drug-likeness (QED) is 0.769. The molecule has 1 aliphatic rings. The van der Waals surface area contributed by atoms with E-state index in [4.69, 9.17) is 5.10 Å². The maximum atomic E-state index is 13.4. The summed E-state index contributed by atoms with van der Waals surface area (Å²) in [6.45, 7) is -0.0588. The van der Waals surface area contributed by atoms with E-state index in [0.29, 0.717) is 0 Å². The SMILES string of the molecule is OC[C@H]1[C@H](c2ccc(F)cc2)C(c2ccccc2)=NN1c1ccccc1. The van der Waals surface area contributed by atoms with Gasteiger partial charge in [0.15, 0.2) is 0 Å². The minimum absolute atomic E-state index is 0.0588. The summed E-state index contributed by atoms with van der Waals surface area (Å²) < 4.78 is 13.4. The predicted molar refractivity (Wildman–Crippen MR) is 102 cm³/mol. The fourth-order valence-corrected chi connectivity index (χ4v) is 3.48. The number of anilines is 1. The Kier molecular flexibility index (Phi) is 4.50. The summed E-state index contributed by atoms with van der Waals surface area (Å²) >= 11 is 0. The van der Waals surface area contributed by atoms with Crippen molar-refractivity contribution in [1.82, 2.24) is 0 Å². The first-order valence-corrected chi connectivity index (χ1v) is 8.62. The molecule has 0 bridgehead atoms. The molecule has 0 radical (unpaired) electrons. The van der Waals surface area contributed by atoms with E-state index < -0.39 is 0 Å². The van der Waals surface area contributed by atoms with Crippen LogP contribution in [-0.2, 0) is 0 Å². The van der Waals surface area contributed by atoms with Crippen LogP contribution in [0.2, 0.25) is 0 Å². The summed E-state index contributed by atoms with van der Waals surface area (Å²) in [6.07, 6.45) is 0. The maximum Gasteiger partial charge on any atom is 0.123 e. The van der Waals surface area contributed by atoms with E-state index in [2.05, 4.69) is 0 Å². The average Bonchev–Trinajstić information content (AvgIpc) is 3.09. The Balaban J connectivity index is 1.84. The molecule has 3 aromatic rings. The van der Waals surface area contributed by atoms with Gasteiger partial charge in [0.2, 0.25) is 0 Å². The van der Waals surface area contributed by atoms with Crippen molar-refractivity contribution in [3.63, 3.8) is 0 Å². The summed E-state index contributed by atoms with van der Waals surface area (Å²) in [5.74, 6) is -0.423. The van der Waals surface area contributed by atoms with Crippen LogP contribution in [0.5, 0.6) is 0 Å². The van der Waals surface area contributed by atoms with Crippen LogP contribution in [0.25, 0.3) is 0 Å². The average molecular weight is 346 g/mol. The van der Waals surface area contributed by atoms with E-state index in [1.54, 1.807) is 12.1 Å². The largest absolute Gasteiger partial charge is 0.394 e. The van der Waals surface area contributed by atoms with Crippen molar-refractivity contribution in [2.24, 2.45) is 5.10 Å². The summed E-state index contributed by atoms with van der Waals surface area (Å²) in [5.41, 5.74) is 3.73. The van der Waals surface area contributed by atoms with Crippen molar-refractivity contribution in [2.45, 2.75) is 12.0 Å². The molecule has 0 unspecified atom stereocenters. The number of rotatable bonds is 4. The predicted octanol–water partition coefficient (Wildman–Crippen LogP) is 4.19. The highest BCUT2D eigenvalue weighted by Gasteiger charge is 2.39. The molecule has 1 heterocycles. The van der Waals surface area contributed by atoms with Gasteiger partial charge >= 0.3 is 0 Å². The molecule has 0 amide bonds. The summed E-state index contributed by atoms with van der Waals surface area (Å²) in [5, 5.41) is 16.9. The van der Waals surface area contributed by atoms with Crippen molar-refractivity contribution >= 4 is 11.4 Å². The topological polar surface area (TPSA) is 35.8 Å². The first-order chi connectivity index (χ1) is 12.8. The Labute approximate surface area is 152 Å². The van der Waals surface area contributed by atoms with E-state index in [9.17, 15) is 9.50 Å². The standard InChI is InChI=1S/C22H19FN2O/c23-18-13-11-16(12-14-18)21-20(15-26)25(19-9-5-2-6-10-19)24-22(21)17-7-3-1-4-8-17/h1-14,20-21,26H,15H2/t20-,21-/m0/s1. The zero-order valence-electron chi connectivity index (χ0n) is 14.2. The van der Waals surface area contributed by atoms with Gasteiger partial charge in [0, 0.05) is 0 Å². The van der Waals surface area contributed by atoms with Crippen molar-refractivity contribution in [2.75, 3.05) is 11.6 Å². The van der Waals surface area contributed by atoms with Crippen LogP contribution >= 0.6 is 0 Å². The highest BCUT2D eigenvalue weighted by molar-refractivity contribution is 6.08. The highest BCUT2D eigenvalue weighted by atomic mass is 19.1. The number of halogens is 1. The van der Waals surface area contributed by atoms with E-state index in [1.165, 1.54) is 12.1 Å². The molecule has 0 aromatic heterocycles. The molecule has 4 rings (SSSR count). The van der Waals surface area contributed by atoms with Crippen LogP contribution in [-0.4, -0.2) is 23.5 Å².